The topological polar surface area (TPSA) is 52.9 Å². The van der Waals surface area contributed by atoms with Crippen molar-refractivity contribution in [3.63, 3.8) is 0 Å². The smallest absolute Gasteiger partial charge is 0.378 e. The van der Waals surface area contributed by atoms with E-state index in [0.717, 1.165) is 46.7 Å². The summed E-state index contributed by atoms with van der Waals surface area (Å²) in [7, 11) is 1.64. The Morgan fingerprint density at radius 1 is 1.08 bits per heavy atom. The van der Waals surface area contributed by atoms with E-state index in [-0.39, 0.29) is 22.3 Å². The second-order valence-electron chi connectivity index (χ2n) is 10.2. The first kappa shape index (κ1) is 26.7. The van der Waals surface area contributed by atoms with E-state index in [4.69, 9.17) is 4.36 Å². The van der Waals surface area contributed by atoms with Crippen LogP contribution in [0, 0.1) is 6.92 Å². The molecule has 5 rings (SSSR count). The maximum Gasteiger partial charge on any atom is 0.401 e. The number of piperazine rings is 1. The van der Waals surface area contributed by atoms with E-state index < -0.39 is 12.7 Å². The minimum Gasteiger partial charge on any atom is -0.378 e. The van der Waals surface area contributed by atoms with Crippen LogP contribution in [0.1, 0.15) is 30.5 Å². The van der Waals surface area contributed by atoms with Crippen molar-refractivity contribution < 1.29 is 13.2 Å². The van der Waals surface area contributed by atoms with Crippen molar-refractivity contribution >= 4 is 33.0 Å². The Balaban J connectivity index is 1.48. The van der Waals surface area contributed by atoms with E-state index in [1.807, 2.05) is 30.0 Å². The largest absolute Gasteiger partial charge is 0.401 e. The van der Waals surface area contributed by atoms with Crippen molar-refractivity contribution in [2.24, 2.45) is 11.4 Å². The van der Waals surface area contributed by atoms with Gasteiger partial charge in [0.1, 0.15) is 5.82 Å². The number of pyridine rings is 1. The minimum atomic E-state index is -4.21. The molecule has 3 aromatic rings. The third kappa shape index (κ3) is 5.61. The van der Waals surface area contributed by atoms with Crippen molar-refractivity contribution in [1.29, 1.82) is 0 Å². The van der Waals surface area contributed by atoms with Gasteiger partial charge in [0.05, 0.1) is 6.54 Å². The third-order valence-electron chi connectivity index (χ3n) is 7.33. The second-order valence-corrected chi connectivity index (χ2v) is 12.0. The fourth-order valence-corrected chi connectivity index (χ4v) is 7.30. The molecule has 204 valence electrons. The molecule has 2 aromatic carbocycles. The quantitative estimate of drug-likeness (QED) is 0.459. The molecule has 1 aromatic heterocycles. The number of hydrogen-bond acceptors (Lipinski definition) is 5. The summed E-state index contributed by atoms with van der Waals surface area (Å²) < 4.78 is 45.0. The summed E-state index contributed by atoms with van der Waals surface area (Å²) in [5.41, 5.74) is 3.00. The highest BCUT2D eigenvalue weighted by Gasteiger charge is 2.32. The average Bonchev–Trinajstić information content (AvgIpc) is 3.41. The van der Waals surface area contributed by atoms with Crippen LogP contribution in [0.3, 0.4) is 0 Å². The highest BCUT2D eigenvalue weighted by Crippen LogP contribution is 2.32. The molecule has 6 nitrogen and oxygen atoms in total. The van der Waals surface area contributed by atoms with Gasteiger partial charge in [-0.25, -0.2) is 0 Å². The monoisotopic (exact) mass is 545 g/mol. The maximum absolute atomic E-state index is 13.5. The summed E-state index contributed by atoms with van der Waals surface area (Å²) >= 11 is 0. The molecule has 1 saturated heterocycles. The van der Waals surface area contributed by atoms with E-state index >= 15 is 0 Å². The van der Waals surface area contributed by atoms with Crippen LogP contribution in [0.25, 0.3) is 10.8 Å². The second kappa shape index (κ2) is 10.7. The standard InChI is InChI=1S/C28H34F3N5OS/c1-19-15-21(20(2)33-24-7-4-5-8-25(24)38-14-6-9-32-38)22-17-26(34(3)27(37)23(22)16-19)36-12-10-35(11-13-36)18-28(29,30)31/h4-5,7-8,15-17,20,33H,6,9-14,18H2,1-3H3. The first-order valence-electron chi connectivity index (χ1n) is 13.0. The minimum absolute atomic E-state index is 0.0756. The normalized spacial score (nSPS) is 19.5. The highest BCUT2D eigenvalue weighted by atomic mass is 32.2. The number of benzene rings is 2. The van der Waals surface area contributed by atoms with Gasteiger partial charge in [0.25, 0.3) is 5.56 Å². The number of aromatic nitrogens is 1. The van der Waals surface area contributed by atoms with Gasteiger partial charge in [-0.3, -0.25) is 18.6 Å². The molecule has 0 saturated carbocycles. The number of aryl methyl sites for hydroxylation is 1. The zero-order valence-electron chi connectivity index (χ0n) is 22.0. The molecular weight excluding hydrogens is 511 g/mol. The number of fused-ring (bicyclic) bond motifs is 1. The van der Waals surface area contributed by atoms with Gasteiger partial charge >= 0.3 is 6.18 Å². The molecule has 38 heavy (non-hydrogen) atoms. The van der Waals surface area contributed by atoms with Gasteiger partial charge in [0, 0.05) is 67.5 Å². The average molecular weight is 546 g/mol. The van der Waals surface area contributed by atoms with Crippen LogP contribution >= 0.6 is 0 Å². The number of nitrogens with one attached hydrogen (secondary N) is 1. The molecule has 2 atom stereocenters. The fraction of sp³-hybridized carbons (Fsp3) is 0.464. The fourth-order valence-electron chi connectivity index (χ4n) is 5.45. The molecule has 1 fully saturated rings. The van der Waals surface area contributed by atoms with Crippen molar-refractivity contribution in [2.75, 3.05) is 55.2 Å². The van der Waals surface area contributed by atoms with Gasteiger partial charge in [-0.1, -0.05) is 28.9 Å². The Kier molecular flexibility index (Phi) is 7.55. The lowest BCUT2D eigenvalue weighted by molar-refractivity contribution is -0.146. The van der Waals surface area contributed by atoms with Crippen molar-refractivity contribution in [3.05, 3.63) is 63.9 Å². The first-order chi connectivity index (χ1) is 18.1. The van der Waals surface area contributed by atoms with Gasteiger partial charge in [-0.15, -0.1) is 0 Å². The number of nitrogens with zero attached hydrogens (tertiary/aromatic N) is 4. The van der Waals surface area contributed by atoms with Gasteiger partial charge in [-0.05, 0) is 61.0 Å². The summed E-state index contributed by atoms with van der Waals surface area (Å²) in [6.07, 6.45) is -3.09. The molecule has 1 N–H and O–H groups in total. The molecule has 2 unspecified atom stereocenters. The van der Waals surface area contributed by atoms with Crippen molar-refractivity contribution in [3.8, 4) is 0 Å². The van der Waals surface area contributed by atoms with Crippen molar-refractivity contribution in [2.45, 2.75) is 37.4 Å². The zero-order valence-corrected chi connectivity index (χ0v) is 22.8. The van der Waals surface area contributed by atoms with Gasteiger partial charge in [0.2, 0.25) is 0 Å². The van der Waals surface area contributed by atoms with E-state index in [1.165, 1.54) is 9.80 Å². The van der Waals surface area contributed by atoms with Crippen LogP contribution in [-0.4, -0.2) is 60.7 Å². The summed E-state index contributed by atoms with van der Waals surface area (Å²) in [5, 5.41) is 5.22. The molecule has 2 aliphatic rings. The lowest BCUT2D eigenvalue weighted by atomic mass is 9.97. The Morgan fingerprint density at radius 3 is 2.50 bits per heavy atom. The number of alkyl halides is 3. The molecular formula is C28H34F3N5OS. The van der Waals surface area contributed by atoms with E-state index in [9.17, 15) is 18.0 Å². The Bertz CT molecular complexity index is 1430. The maximum atomic E-state index is 13.5. The number of halogens is 3. The van der Waals surface area contributed by atoms with E-state index in [2.05, 4.69) is 36.5 Å². The van der Waals surface area contributed by atoms with Crippen LogP contribution < -0.4 is 15.8 Å². The first-order valence-corrected chi connectivity index (χ1v) is 14.4. The summed E-state index contributed by atoms with van der Waals surface area (Å²) in [5.74, 6) is 1.81. The Morgan fingerprint density at radius 2 is 1.82 bits per heavy atom. The number of anilines is 2. The van der Waals surface area contributed by atoms with Crippen LogP contribution in [0.2, 0.25) is 0 Å². The van der Waals surface area contributed by atoms with Crippen LogP contribution in [-0.2, 0) is 17.7 Å². The lowest BCUT2D eigenvalue weighted by Gasteiger charge is -2.37. The number of hydrogen-bond donors (Lipinski definition) is 1. The third-order valence-corrected chi connectivity index (χ3v) is 9.36. The van der Waals surface area contributed by atoms with Gasteiger partial charge < -0.3 is 10.2 Å². The molecule has 0 spiro atoms. The predicted octanol–water partition coefficient (Wildman–Crippen LogP) is 5.27. The predicted molar refractivity (Wildman–Crippen MR) is 150 cm³/mol. The molecule has 2 aliphatic heterocycles. The van der Waals surface area contributed by atoms with Crippen molar-refractivity contribution in [1.82, 2.24) is 9.47 Å². The Labute approximate surface area is 223 Å². The number of para-hydroxylation sites is 1. The molecule has 0 radical (unpaired) electrons. The van der Waals surface area contributed by atoms with Gasteiger partial charge in [0.15, 0.2) is 0 Å². The number of rotatable bonds is 6. The van der Waals surface area contributed by atoms with E-state index in [0.29, 0.717) is 31.6 Å². The lowest BCUT2D eigenvalue weighted by Crippen LogP contribution is -2.50. The molecule has 0 aliphatic carbocycles. The van der Waals surface area contributed by atoms with Gasteiger partial charge in [-0.2, -0.15) is 13.2 Å². The van der Waals surface area contributed by atoms with Crippen LogP contribution in [0.4, 0.5) is 24.7 Å². The molecule has 0 bridgehead atoms. The molecule has 0 amide bonds. The highest BCUT2D eigenvalue weighted by molar-refractivity contribution is 7.87. The molecule has 10 heteroatoms. The SMILES string of the molecule is Cc1cc(C(C)Nc2ccccc2S2=NCCC2)c2cc(N3CCN(CC(F)(F)F)CC3)n(C)c(=O)c2c1. The summed E-state index contributed by atoms with van der Waals surface area (Å²) in [4.78, 5) is 18.2. The Hall–Kier alpha value is -2.85. The van der Waals surface area contributed by atoms with Crippen LogP contribution in [0.15, 0.2) is 56.5 Å². The zero-order chi connectivity index (χ0) is 27.0. The van der Waals surface area contributed by atoms with Crippen LogP contribution in [0.5, 0.6) is 0 Å². The summed E-state index contributed by atoms with van der Waals surface area (Å²) in [6.45, 7) is 5.57. The van der Waals surface area contributed by atoms with E-state index in [1.54, 1.807) is 11.6 Å². The molecule has 3 heterocycles. The summed E-state index contributed by atoms with van der Waals surface area (Å²) in [6, 6.07) is 14.3.